The van der Waals surface area contributed by atoms with Gasteiger partial charge in [-0.15, -0.1) is 0 Å². The molecule has 0 aliphatic carbocycles. The molecule has 1 aromatic heterocycles. The number of fused-ring (bicyclic) bond motifs is 2. The molecule has 1 aromatic rings. The minimum Gasteiger partial charge on any atom is -0.505 e. The lowest BCUT2D eigenvalue weighted by atomic mass is 10.1. The molecule has 1 amide bonds. The number of amides is 1. The van der Waals surface area contributed by atoms with Crippen molar-refractivity contribution in [3.63, 3.8) is 0 Å². The van der Waals surface area contributed by atoms with Gasteiger partial charge in [-0.2, -0.15) is 0 Å². The van der Waals surface area contributed by atoms with Crippen LogP contribution in [0.4, 0.5) is 0 Å². The molecule has 1 N–H and O–H groups in total. The molecule has 19 heavy (non-hydrogen) atoms. The molecular formula is C14H19N3O2. The molecule has 0 radical (unpaired) electrons. The van der Waals surface area contributed by atoms with Gasteiger partial charge in [0, 0.05) is 31.4 Å². The quantitative estimate of drug-likeness (QED) is 0.822. The van der Waals surface area contributed by atoms with Crippen LogP contribution in [0.1, 0.15) is 29.6 Å². The van der Waals surface area contributed by atoms with Crippen molar-refractivity contribution in [3.8, 4) is 5.75 Å². The van der Waals surface area contributed by atoms with Gasteiger partial charge < -0.3 is 10.0 Å². The van der Waals surface area contributed by atoms with Crippen LogP contribution >= 0.6 is 0 Å². The standard InChI is InChI=1S/C14H19N3O2/c1-16-10-2-3-11(16)9-17(7-5-10)14(19)12-4-6-15-8-13(12)18/h4,6,8,10-11,18H,2-3,5,7,9H2,1H3. The number of likely N-dealkylation sites (tertiary alicyclic amines) is 1. The highest BCUT2D eigenvalue weighted by atomic mass is 16.3. The summed E-state index contributed by atoms with van der Waals surface area (Å²) in [6, 6.07) is 2.65. The van der Waals surface area contributed by atoms with Crippen LogP contribution in [0.15, 0.2) is 18.5 Å². The van der Waals surface area contributed by atoms with E-state index in [0.29, 0.717) is 17.6 Å². The summed E-state index contributed by atoms with van der Waals surface area (Å²) in [7, 11) is 2.15. The first kappa shape index (κ1) is 12.4. The van der Waals surface area contributed by atoms with Gasteiger partial charge in [-0.05, 0) is 32.4 Å². The molecule has 2 fully saturated rings. The summed E-state index contributed by atoms with van der Waals surface area (Å²) in [4.78, 5) is 20.6. The molecule has 0 spiro atoms. The van der Waals surface area contributed by atoms with E-state index in [-0.39, 0.29) is 11.7 Å². The molecule has 3 heterocycles. The summed E-state index contributed by atoms with van der Waals surface area (Å²) < 4.78 is 0. The van der Waals surface area contributed by atoms with Crippen molar-refractivity contribution >= 4 is 5.91 Å². The van der Waals surface area contributed by atoms with Gasteiger partial charge in [-0.25, -0.2) is 0 Å². The molecule has 2 aliphatic rings. The highest BCUT2D eigenvalue weighted by Gasteiger charge is 2.36. The van der Waals surface area contributed by atoms with Gasteiger partial charge in [0.25, 0.3) is 5.91 Å². The molecule has 0 saturated carbocycles. The zero-order chi connectivity index (χ0) is 13.4. The van der Waals surface area contributed by atoms with E-state index in [1.165, 1.54) is 12.6 Å². The number of pyridine rings is 1. The lowest BCUT2D eigenvalue weighted by molar-refractivity contribution is 0.0737. The molecular weight excluding hydrogens is 242 g/mol. The maximum atomic E-state index is 12.5. The first-order chi connectivity index (χ1) is 9.16. The van der Waals surface area contributed by atoms with Gasteiger partial charge in [-0.1, -0.05) is 0 Å². The second-order valence-corrected chi connectivity index (χ2v) is 5.48. The molecule has 5 heteroatoms. The van der Waals surface area contributed by atoms with Crippen molar-refractivity contribution in [2.45, 2.75) is 31.3 Å². The second-order valence-electron chi connectivity index (χ2n) is 5.48. The number of aromatic nitrogens is 1. The Hall–Kier alpha value is -1.62. The maximum Gasteiger partial charge on any atom is 0.257 e. The van der Waals surface area contributed by atoms with Crippen molar-refractivity contribution in [2.75, 3.05) is 20.1 Å². The number of hydrogen-bond donors (Lipinski definition) is 1. The third-order valence-electron chi connectivity index (χ3n) is 4.47. The number of carbonyl (C=O) groups is 1. The number of carbonyl (C=O) groups excluding carboxylic acids is 1. The Morgan fingerprint density at radius 3 is 2.95 bits per heavy atom. The van der Waals surface area contributed by atoms with Crippen LogP contribution in [0.25, 0.3) is 0 Å². The average Bonchev–Trinajstić information content (AvgIpc) is 2.63. The number of likely N-dealkylation sites (N-methyl/N-ethyl adjacent to an activating group) is 1. The Labute approximate surface area is 112 Å². The smallest absolute Gasteiger partial charge is 0.257 e. The van der Waals surface area contributed by atoms with Crippen LogP contribution < -0.4 is 0 Å². The van der Waals surface area contributed by atoms with Crippen LogP contribution in [0.2, 0.25) is 0 Å². The summed E-state index contributed by atoms with van der Waals surface area (Å²) >= 11 is 0. The number of nitrogens with zero attached hydrogens (tertiary/aromatic N) is 3. The van der Waals surface area contributed by atoms with E-state index >= 15 is 0 Å². The molecule has 102 valence electrons. The number of hydrogen-bond acceptors (Lipinski definition) is 4. The molecule has 0 aromatic carbocycles. The Bertz CT molecular complexity index is 491. The highest BCUT2D eigenvalue weighted by molar-refractivity contribution is 5.96. The van der Waals surface area contributed by atoms with E-state index in [9.17, 15) is 9.90 Å². The Morgan fingerprint density at radius 1 is 1.37 bits per heavy atom. The SMILES string of the molecule is CN1C2CCC1CN(C(=O)c1ccncc1O)CC2. The molecule has 3 rings (SSSR count). The first-order valence-electron chi connectivity index (χ1n) is 6.81. The normalized spacial score (nSPS) is 27.3. The van der Waals surface area contributed by atoms with E-state index in [1.807, 2.05) is 4.90 Å². The van der Waals surface area contributed by atoms with Gasteiger partial charge in [0.2, 0.25) is 0 Å². The highest BCUT2D eigenvalue weighted by Crippen LogP contribution is 2.29. The molecule has 5 nitrogen and oxygen atoms in total. The van der Waals surface area contributed by atoms with E-state index in [0.717, 1.165) is 25.9 Å². The monoisotopic (exact) mass is 261 g/mol. The average molecular weight is 261 g/mol. The summed E-state index contributed by atoms with van der Waals surface area (Å²) in [5.74, 6) is -0.115. The minimum absolute atomic E-state index is 0.0322. The summed E-state index contributed by atoms with van der Waals surface area (Å²) in [6.45, 7) is 1.53. The molecule has 2 atom stereocenters. The zero-order valence-corrected chi connectivity index (χ0v) is 11.1. The fraction of sp³-hybridized carbons (Fsp3) is 0.571. The maximum absolute atomic E-state index is 12.5. The second kappa shape index (κ2) is 4.81. The fourth-order valence-electron chi connectivity index (χ4n) is 3.23. The van der Waals surface area contributed by atoms with Crippen LogP contribution in [-0.4, -0.2) is 58.0 Å². The van der Waals surface area contributed by atoms with Gasteiger partial charge in [0.15, 0.2) is 0 Å². The van der Waals surface area contributed by atoms with Crippen LogP contribution in [0, 0.1) is 0 Å². The van der Waals surface area contributed by atoms with E-state index < -0.39 is 0 Å². The van der Waals surface area contributed by atoms with Crippen molar-refractivity contribution in [2.24, 2.45) is 0 Å². The first-order valence-corrected chi connectivity index (χ1v) is 6.81. The molecule has 2 aliphatic heterocycles. The van der Waals surface area contributed by atoms with Gasteiger partial charge in [-0.3, -0.25) is 14.7 Å². The van der Waals surface area contributed by atoms with Crippen molar-refractivity contribution in [1.29, 1.82) is 0 Å². The third-order valence-corrected chi connectivity index (χ3v) is 4.47. The van der Waals surface area contributed by atoms with Gasteiger partial charge >= 0.3 is 0 Å². The fourth-order valence-corrected chi connectivity index (χ4v) is 3.23. The topological polar surface area (TPSA) is 56.7 Å². The summed E-state index contributed by atoms with van der Waals surface area (Å²) in [5.41, 5.74) is 0.357. The summed E-state index contributed by atoms with van der Waals surface area (Å²) in [5, 5.41) is 9.75. The lowest BCUT2D eigenvalue weighted by Gasteiger charge is -2.26. The third kappa shape index (κ3) is 2.18. The predicted octanol–water partition coefficient (Wildman–Crippen LogP) is 1.10. The number of rotatable bonds is 1. The predicted molar refractivity (Wildman–Crippen MR) is 71.0 cm³/mol. The Kier molecular flexibility index (Phi) is 3.14. The summed E-state index contributed by atoms with van der Waals surface area (Å²) in [6.07, 6.45) is 6.29. The van der Waals surface area contributed by atoms with E-state index in [1.54, 1.807) is 12.3 Å². The van der Waals surface area contributed by atoms with Crippen LogP contribution in [-0.2, 0) is 0 Å². The Morgan fingerprint density at radius 2 is 2.16 bits per heavy atom. The molecule has 2 bridgehead atoms. The van der Waals surface area contributed by atoms with E-state index in [4.69, 9.17) is 0 Å². The zero-order valence-electron chi connectivity index (χ0n) is 11.1. The van der Waals surface area contributed by atoms with Crippen LogP contribution in [0.3, 0.4) is 0 Å². The number of aromatic hydroxyl groups is 1. The molecule has 2 saturated heterocycles. The Balaban J connectivity index is 1.80. The van der Waals surface area contributed by atoms with Gasteiger partial charge in [0.1, 0.15) is 5.75 Å². The van der Waals surface area contributed by atoms with Crippen molar-refractivity contribution in [3.05, 3.63) is 24.0 Å². The minimum atomic E-state index is -0.0825. The van der Waals surface area contributed by atoms with Crippen molar-refractivity contribution in [1.82, 2.24) is 14.8 Å². The van der Waals surface area contributed by atoms with Gasteiger partial charge in [0.05, 0.1) is 11.8 Å². The molecule has 2 unspecified atom stereocenters. The van der Waals surface area contributed by atoms with Crippen molar-refractivity contribution < 1.29 is 9.90 Å². The largest absolute Gasteiger partial charge is 0.505 e. The van der Waals surface area contributed by atoms with Crippen LogP contribution in [0.5, 0.6) is 5.75 Å². The lowest BCUT2D eigenvalue weighted by Crippen LogP contribution is -2.39. The van der Waals surface area contributed by atoms with E-state index in [2.05, 4.69) is 16.9 Å².